The van der Waals surface area contributed by atoms with Crippen LogP contribution in [-0.2, 0) is 10.2 Å². The summed E-state index contributed by atoms with van der Waals surface area (Å²) in [6.45, 7) is 9.96. The first-order valence-electron chi connectivity index (χ1n) is 9.57. The number of aryl methyl sites for hydroxylation is 1. The maximum atomic E-state index is 11.3. The van der Waals surface area contributed by atoms with Crippen molar-refractivity contribution >= 4 is 34.7 Å². The maximum Gasteiger partial charge on any atom is 0.229 e. The van der Waals surface area contributed by atoms with Gasteiger partial charge in [-0.15, -0.1) is 0 Å². The van der Waals surface area contributed by atoms with Crippen molar-refractivity contribution in [1.29, 1.82) is 0 Å². The molecule has 3 N–H and O–H groups in total. The number of carbonyl (C=O) groups excluding carboxylic acids is 1. The normalized spacial score (nSPS) is 11.1. The molecule has 150 valence electrons. The molecule has 1 aromatic heterocycles. The zero-order valence-corrected chi connectivity index (χ0v) is 17.5. The van der Waals surface area contributed by atoms with E-state index in [0.29, 0.717) is 11.8 Å². The van der Waals surface area contributed by atoms with Crippen molar-refractivity contribution in [3.63, 3.8) is 0 Å². The van der Waals surface area contributed by atoms with Gasteiger partial charge in [0.1, 0.15) is 5.82 Å². The van der Waals surface area contributed by atoms with E-state index in [0.717, 1.165) is 22.8 Å². The standard InChI is InChI=1S/C23H27N5O/c1-15-13-21(26-18-10-8-9-17(14-18)25-16(2)29)28-22(24-15)27-20-12-7-6-11-19(20)23(3,4)5/h6-14H,1-5H3,(H,25,29)(H2,24,26,27,28). The van der Waals surface area contributed by atoms with E-state index in [1.165, 1.54) is 12.5 Å². The van der Waals surface area contributed by atoms with Crippen LogP contribution in [0.1, 0.15) is 39.0 Å². The Morgan fingerprint density at radius 1 is 0.897 bits per heavy atom. The minimum Gasteiger partial charge on any atom is -0.340 e. The number of para-hydroxylation sites is 1. The molecule has 0 aliphatic rings. The van der Waals surface area contributed by atoms with Gasteiger partial charge in [-0.05, 0) is 42.2 Å². The lowest BCUT2D eigenvalue weighted by molar-refractivity contribution is -0.114. The van der Waals surface area contributed by atoms with E-state index in [1.807, 2.05) is 55.5 Å². The second kappa shape index (κ2) is 8.31. The highest BCUT2D eigenvalue weighted by atomic mass is 16.1. The third-order valence-corrected chi connectivity index (χ3v) is 4.29. The van der Waals surface area contributed by atoms with Crippen molar-refractivity contribution in [3.8, 4) is 0 Å². The smallest absolute Gasteiger partial charge is 0.229 e. The summed E-state index contributed by atoms with van der Waals surface area (Å²) in [5, 5.41) is 9.43. The topological polar surface area (TPSA) is 78.9 Å². The largest absolute Gasteiger partial charge is 0.340 e. The number of nitrogens with zero attached hydrogens (tertiary/aromatic N) is 2. The van der Waals surface area contributed by atoms with E-state index in [1.54, 1.807) is 0 Å². The van der Waals surface area contributed by atoms with E-state index >= 15 is 0 Å². The molecule has 6 nitrogen and oxygen atoms in total. The van der Waals surface area contributed by atoms with Crippen molar-refractivity contribution in [2.45, 2.75) is 40.0 Å². The molecular formula is C23H27N5O. The van der Waals surface area contributed by atoms with Crippen molar-refractivity contribution < 1.29 is 4.79 Å². The molecule has 2 aromatic carbocycles. The van der Waals surface area contributed by atoms with Gasteiger partial charge in [0.25, 0.3) is 0 Å². The van der Waals surface area contributed by atoms with Crippen LogP contribution in [0.25, 0.3) is 0 Å². The van der Waals surface area contributed by atoms with E-state index in [9.17, 15) is 4.79 Å². The van der Waals surface area contributed by atoms with Crippen LogP contribution in [0.4, 0.5) is 28.8 Å². The summed E-state index contributed by atoms with van der Waals surface area (Å²) in [7, 11) is 0. The summed E-state index contributed by atoms with van der Waals surface area (Å²) in [5.74, 6) is 1.10. The van der Waals surface area contributed by atoms with E-state index < -0.39 is 0 Å². The van der Waals surface area contributed by atoms with Crippen LogP contribution >= 0.6 is 0 Å². The van der Waals surface area contributed by atoms with E-state index in [2.05, 4.69) is 52.8 Å². The summed E-state index contributed by atoms with van der Waals surface area (Å²) in [6, 6.07) is 17.6. The highest BCUT2D eigenvalue weighted by molar-refractivity contribution is 5.89. The lowest BCUT2D eigenvalue weighted by atomic mass is 9.86. The van der Waals surface area contributed by atoms with Crippen molar-refractivity contribution in [2.24, 2.45) is 0 Å². The molecule has 0 bridgehead atoms. The third kappa shape index (κ3) is 5.54. The molecule has 0 aliphatic carbocycles. The first-order chi connectivity index (χ1) is 13.7. The fourth-order valence-electron chi connectivity index (χ4n) is 3.08. The van der Waals surface area contributed by atoms with Gasteiger partial charge in [0, 0.05) is 35.7 Å². The Kier molecular flexibility index (Phi) is 5.82. The number of amides is 1. The van der Waals surface area contributed by atoms with Gasteiger partial charge in [-0.25, -0.2) is 4.98 Å². The Balaban J connectivity index is 1.86. The van der Waals surface area contributed by atoms with Crippen LogP contribution < -0.4 is 16.0 Å². The van der Waals surface area contributed by atoms with Gasteiger partial charge in [-0.1, -0.05) is 45.0 Å². The summed E-state index contributed by atoms with van der Waals surface area (Å²) < 4.78 is 0. The van der Waals surface area contributed by atoms with E-state index in [-0.39, 0.29) is 11.3 Å². The Labute approximate surface area is 171 Å². The van der Waals surface area contributed by atoms with Gasteiger partial charge < -0.3 is 16.0 Å². The molecule has 0 saturated heterocycles. The van der Waals surface area contributed by atoms with Gasteiger partial charge in [0.2, 0.25) is 11.9 Å². The minimum absolute atomic E-state index is 0.00134. The molecule has 0 aliphatic heterocycles. The monoisotopic (exact) mass is 389 g/mol. The second-order valence-corrected chi connectivity index (χ2v) is 8.03. The van der Waals surface area contributed by atoms with Gasteiger partial charge in [-0.2, -0.15) is 4.98 Å². The fourth-order valence-corrected chi connectivity index (χ4v) is 3.08. The molecule has 3 aromatic rings. The zero-order chi connectivity index (χ0) is 21.0. The van der Waals surface area contributed by atoms with Crippen molar-refractivity contribution in [2.75, 3.05) is 16.0 Å². The predicted molar refractivity (Wildman–Crippen MR) is 119 cm³/mol. The lowest BCUT2D eigenvalue weighted by Gasteiger charge is -2.23. The van der Waals surface area contributed by atoms with Crippen LogP contribution in [0.2, 0.25) is 0 Å². The molecular weight excluding hydrogens is 362 g/mol. The summed E-state index contributed by atoms with van der Waals surface area (Å²) in [6.07, 6.45) is 0. The fraction of sp³-hybridized carbons (Fsp3) is 0.261. The van der Waals surface area contributed by atoms with Crippen LogP contribution in [0.3, 0.4) is 0 Å². The highest BCUT2D eigenvalue weighted by Gasteiger charge is 2.18. The maximum absolute atomic E-state index is 11.3. The van der Waals surface area contributed by atoms with Crippen LogP contribution in [-0.4, -0.2) is 15.9 Å². The number of carbonyl (C=O) groups is 1. The number of nitrogens with one attached hydrogen (secondary N) is 3. The third-order valence-electron chi connectivity index (χ3n) is 4.29. The molecule has 1 amide bonds. The van der Waals surface area contributed by atoms with Gasteiger partial charge >= 0.3 is 0 Å². The number of aromatic nitrogens is 2. The molecule has 1 heterocycles. The Bertz CT molecular complexity index is 1020. The highest BCUT2D eigenvalue weighted by Crippen LogP contribution is 2.31. The first-order valence-corrected chi connectivity index (χ1v) is 9.57. The van der Waals surface area contributed by atoms with Gasteiger partial charge in [-0.3, -0.25) is 4.79 Å². The molecule has 0 spiro atoms. The summed E-state index contributed by atoms with van der Waals surface area (Å²) in [4.78, 5) is 20.4. The van der Waals surface area contributed by atoms with E-state index in [4.69, 9.17) is 0 Å². The molecule has 0 radical (unpaired) electrons. The van der Waals surface area contributed by atoms with Crippen molar-refractivity contribution in [3.05, 3.63) is 65.9 Å². The van der Waals surface area contributed by atoms with Crippen LogP contribution in [0.15, 0.2) is 54.6 Å². The average molecular weight is 390 g/mol. The molecule has 0 fully saturated rings. The molecule has 0 atom stereocenters. The lowest BCUT2D eigenvalue weighted by Crippen LogP contribution is -2.14. The number of hydrogen-bond donors (Lipinski definition) is 3. The number of anilines is 5. The Morgan fingerprint density at radius 3 is 2.34 bits per heavy atom. The second-order valence-electron chi connectivity index (χ2n) is 8.03. The van der Waals surface area contributed by atoms with Crippen LogP contribution in [0.5, 0.6) is 0 Å². The number of rotatable bonds is 5. The van der Waals surface area contributed by atoms with Crippen molar-refractivity contribution in [1.82, 2.24) is 9.97 Å². The summed E-state index contributed by atoms with van der Waals surface area (Å²) >= 11 is 0. The molecule has 0 saturated carbocycles. The SMILES string of the molecule is CC(=O)Nc1cccc(Nc2cc(C)nc(Nc3ccccc3C(C)(C)C)n2)c1. The Morgan fingerprint density at radius 2 is 1.62 bits per heavy atom. The number of hydrogen-bond acceptors (Lipinski definition) is 5. The quantitative estimate of drug-likeness (QED) is 0.535. The zero-order valence-electron chi connectivity index (χ0n) is 17.5. The van der Waals surface area contributed by atoms with Gasteiger partial charge in [0.05, 0.1) is 0 Å². The average Bonchev–Trinajstić information content (AvgIpc) is 2.60. The number of benzene rings is 2. The minimum atomic E-state index is -0.107. The molecule has 0 unspecified atom stereocenters. The van der Waals surface area contributed by atoms with Crippen LogP contribution in [0, 0.1) is 6.92 Å². The summed E-state index contributed by atoms with van der Waals surface area (Å²) in [5.41, 5.74) is 4.59. The molecule has 3 rings (SSSR count). The predicted octanol–water partition coefficient (Wildman–Crippen LogP) is 5.53. The Hall–Kier alpha value is -3.41. The van der Waals surface area contributed by atoms with Gasteiger partial charge in [0.15, 0.2) is 0 Å². The molecule has 6 heteroatoms. The molecule has 29 heavy (non-hydrogen) atoms. The first kappa shape index (κ1) is 20.3.